The van der Waals surface area contributed by atoms with E-state index in [0.29, 0.717) is 34.3 Å². The van der Waals surface area contributed by atoms with Gasteiger partial charge in [0, 0.05) is 22.8 Å². The molecule has 1 aromatic carbocycles. The molecule has 0 aliphatic heterocycles. The summed E-state index contributed by atoms with van der Waals surface area (Å²) in [6.07, 6.45) is 2.40. The Morgan fingerprint density at radius 1 is 1.45 bits per heavy atom. The zero-order valence-corrected chi connectivity index (χ0v) is 12.1. The number of methoxy groups -OCH3 is 1. The van der Waals surface area contributed by atoms with E-state index in [9.17, 15) is 4.79 Å². The zero-order chi connectivity index (χ0) is 14.7. The van der Waals surface area contributed by atoms with Gasteiger partial charge in [-0.15, -0.1) is 0 Å². The van der Waals surface area contributed by atoms with Gasteiger partial charge in [0.1, 0.15) is 0 Å². The molecule has 20 heavy (non-hydrogen) atoms. The van der Waals surface area contributed by atoms with E-state index in [0.717, 1.165) is 6.42 Å². The maximum absolute atomic E-state index is 12.6. The van der Waals surface area contributed by atoms with Crippen molar-refractivity contribution in [2.75, 3.05) is 12.8 Å². The molecule has 0 bridgehead atoms. The molecule has 0 saturated carbocycles. The van der Waals surface area contributed by atoms with Crippen molar-refractivity contribution in [1.29, 1.82) is 0 Å². The molecule has 0 unspecified atom stereocenters. The van der Waals surface area contributed by atoms with Crippen molar-refractivity contribution in [2.24, 2.45) is 0 Å². The Morgan fingerprint density at radius 2 is 2.20 bits per heavy atom. The monoisotopic (exact) mass is 293 g/mol. The van der Waals surface area contributed by atoms with Crippen LogP contribution in [0.25, 0.3) is 0 Å². The minimum absolute atomic E-state index is 0.206. The maximum Gasteiger partial charge on any atom is 0.214 e. The first-order chi connectivity index (χ1) is 9.56. The number of aromatic nitrogens is 2. The smallest absolute Gasteiger partial charge is 0.214 e. The fourth-order valence-electron chi connectivity index (χ4n) is 2.01. The molecule has 1 heterocycles. The molecule has 0 aliphatic rings. The Hall–Kier alpha value is -2.01. The number of anilines is 1. The van der Waals surface area contributed by atoms with Crippen LogP contribution in [0.4, 0.5) is 5.69 Å². The largest absolute Gasteiger partial charge is 0.493 e. The Kier molecular flexibility index (Phi) is 4.29. The molecular formula is C14H16ClN3O2. The van der Waals surface area contributed by atoms with E-state index in [4.69, 9.17) is 22.1 Å². The Balaban J connectivity index is 2.49. The van der Waals surface area contributed by atoms with Crippen molar-refractivity contribution in [3.05, 3.63) is 40.7 Å². The van der Waals surface area contributed by atoms with E-state index < -0.39 is 0 Å². The van der Waals surface area contributed by atoms with Crippen LogP contribution in [0.1, 0.15) is 29.4 Å². The van der Waals surface area contributed by atoms with Crippen molar-refractivity contribution in [3.8, 4) is 5.75 Å². The van der Waals surface area contributed by atoms with Gasteiger partial charge in [-0.25, -0.2) is 0 Å². The van der Waals surface area contributed by atoms with Crippen LogP contribution in [0.5, 0.6) is 5.75 Å². The lowest BCUT2D eigenvalue weighted by Crippen LogP contribution is -2.13. The van der Waals surface area contributed by atoms with Gasteiger partial charge in [0.25, 0.3) is 0 Å². The molecule has 106 valence electrons. The van der Waals surface area contributed by atoms with Crippen molar-refractivity contribution in [1.82, 2.24) is 9.78 Å². The van der Waals surface area contributed by atoms with E-state index >= 15 is 0 Å². The number of carbonyl (C=O) groups excluding carboxylic acids is 1. The number of nitrogen functional groups attached to an aromatic ring is 1. The molecular weight excluding hydrogens is 278 g/mol. The lowest BCUT2D eigenvalue weighted by atomic mass is 10.1. The molecule has 5 nitrogen and oxygen atoms in total. The topological polar surface area (TPSA) is 70.1 Å². The lowest BCUT2D eigenvalue weighted by molar-refractivity contribution is 0.102. The first-order valence-corrected chi connectivity index (χ1v) is 6.65. The molecule has 6 heteroatoms. The van der Waals surface area contributed by atoms with Crippen molar-refractivity contribution in [2.45, 2.75) is 19.9 Å². The fourth-order valence-corrected chi connectivity index (χ4v) is 2.25. The van der Waals surface area contributed by atoms with Crippen LogP contribution in [0.2, 0.25) is 5.02 Å². The van der Waals surface area contributed by atoms with E-state index in [2.05, 4.69) is 5.10 Å². The van der Waals surface area contributed by atoms with Gasteiger partial charge in [-0.1, -0.05) is 18.5 Å². The van der Waals surface area contributed by atoms with E-state index in [1.54, 1.807) is 22.9 Å². The number of nitrogens with zero attached hydrogens (tertiary/aromatic N) is 2. The summed E-state index contributed by atoms with van der Waals surface area (Å²) in [5.74, 6) is 0.240. The van der Waals surface area contributed by atoms with Gasteiger partial charge in [-0.3, -0.25) is 9.48 Å². The fraction of sp³-hybridized carbons (Fsp3) is 0.286. The third-order valence-corrected chi connectivity index (χ3v) is 3.08. The number of hydrogen-bond acceptors (Lipinski definition) is 4. The molecule has 0 atom stereocenters. The van der Waals surface area contributed by atoms with E-state index in [1.807, 2.05) is 6.92 Å². The first kappa shape index (κ1) is 14.4. The number of hydrogen-bond donors (Lipinski definition) is 1. The van der Waals surface area contributed by atoms with Crippen LogP contribution in [-0.4, -0.2) is 22.7 Å². The van der Waals surface area contributed by atoms with Gasteiger partial charge >= 0.3 is 0 Å². The second-order valence-electron chi connectivity index (χ2n) is 4.39. The Bertz CT molecular complexity index is 617. The molecule has 2 N–H and O–H groups in total. The van der Waals surface area contributed by atoms with Crippen molar-refractivity contribution >= 4 is 23.1 Å². The molecule has 0 aliphatic carbocycles. The highest BCUT2D eigenvalue weighted by Crippen LogP contribution is 2.24. The van der Waals surface area contributed by atoms with Crippen LogP contribution >= 0.6 is 11.6 Å². The summed E-state index contributed by atoms with van der Waals surface area (Å²) >= 11 is 5.94. The number of ether oxygens (including phenoxy) is 1. The van der Waals surface area contributed by atoms with Crippen LogP contribution < -0.4 is 10.5 Å². The van der Waals surface area contributed by atoms with Crippen LogP contribution in [0, 0.1) is 0 Å². The summed E-state index contributed by atoms with van der Waals surface area (Å²) in [5, 5.41) is 4.60. The van der Waals surface area contributed by atoms with Gasteiger partial charge in [-0.2, -0.15) is 5.10 Å². The van der Waals surface area contributed by atoms with Gasteiger partial charge in [0.2, 0.25) is 5.78 Å². The number of nitrogens with two attached hydrogens (primary N) is 1. The van der Waals surface area contributed by atoms with Crippen LogP contribution in [0.3, 0.4) is 0 Å². The quantitative estimate of drug-likeness (QED) is 0.680. The predicted octanol–water partition coefficient (Wildman–Crippen LogP) is 2.77. The Morgan fingerprint density at radius 3 is 2.80 bits per heavy atom. The number of aryl methyl sites for hydroxylation is 1. The van der Waals surface area contributed by atoms with Gasteiger partial charge in [-0.05, 0) is 24.6 Å². The summed E-state index contributed by atoms with van der Waals surface area (Å²) in [5.41, 5.74) is 7.01. The molecule has 0 fully saturated rings. The number of halogens is 1. The third kappa shape index (κ3) is 2.77. The van der Waals surface area contributed by atoms with Gasteiger partial charge in [0.05, 0.1) is 13.3 Å². The summed E-state index contributed by atoms with van der Waals surface area (Å²) in [7, 11) is 1.51. The van der Waals surface area contributed by atoms with Gasteiger partial charge in [0.15, 0.2) is 11.4 Å². The lowest BCUT2D eigenvalue weighted by Gasteiger charge is -2.08. The average molecular weight is 294 g/mol. The predicted molar refractivity (Wildman–Crippen MR) is 78.4 cm³/mol. The molecule has 2 aromatic rings. The SMILES string of the molecule is CCCn1ncc(OC)c1C(=O)c1cc(N)cc(Cl)c1. The summed E-state index contributed by atoms with van der Waals surface area (Å²) in [6, 6.07) is 4.78. The second-order valence-corrected chi connectivity index (χ2v) is 4.82. The Labute approximate surface area is 122 Å². The van der Waals surface area contributed by atoms with Crippen LogP contribution in [0.15, 0.2) is 24.4 Å². The summed E-state index contributed by atoms with van der Waals surface area (Å²) < 4.78 is 6.84. The number of rotatable bonds is 5. The van der Waals surface area contributed by atoms with Crippen LogP contribution in [-0.2, 0) is 6.54 Å². The summed E-state index contributed by atoms with van der Waals surface area (Å²) in [6.45, 7) is 2.65. The maximum atomic E-state index is 12.6. The molecule has 0 spiro atoms. The minimum atomic E-state index is -0.206. The van der Waals surface area contributed by atoms with E-state index in [1.165, 1.54) is 13.3 Å². The number of carbonyl (C=O) groups is 1. The minimum Gasteiger partial charge on any atom is -0.493 e. The highest BCUT2D eigenvalue weighted by atomic mass is 35.5. The van der Waals surface area contributed by atoms with Crippen molar-refractivity contribution in [3.63, 3.8) is 0 Å². The molecule has 0 amide bonds. The normalized spacial score (nSPS) is 10.6. The highest BCUT2D eigenvalue weighted by molar-refractivity contribution is 6.31. The molecule has 1 aromatic heterocycles. The number of benzene rings is 1. The average Bonchev–Trinajstić information content (AvgIpc) is 2.80. The highest BCUT2D eigenvalue weighted by Gasteiger charge is 2.21. The first-order valence-electron chi connectivity index (χ1n) is 6.27. The molecule has 0 radical (unpaired) electrons. The third-order valence-electron chi connectivity index (χ3n) is 2.86. The second kappa shape index (κ2) is 5.96. The molecule has 2 rings (SSSR count). The summed E-state index contributed by atoms with van der Waals surface area (Å²) in [4.78, 5) is 12.6. The van der Waals surface area contributed by atoms with Crippen molar-refractivity contribution < 1.29 is 9.53 Å². The van der Waals surface area contributed by atoms with E-state index in [-0.39, 0.29) is 5.78 Å². The molecule has 0 saturated heterocycles. The van der Waals surface area contributed by atoms with Gasteiger partial charge < -0.3 is 10.5 Å². The number of ketones is 1. The zero-order valence-electron chi connectivity index (χ0n) is 11.4. The standard InChI is InChI=1S/C14H16ClN3O2/c1-3-4-18-13(12(20-2)8-17-18)14(19)9-5-10(15)7-11(16)6-9/h5-8H,3-4,16H2,1-2H3.